The molecule has 4 nitrogen and oxygen atoms in total. The normalized spacial score (nSPS) is 21.0. The second-order valence-electron chi connectivity index (χ2n) is 4.51. The molecule has 1 rings (SSSR count). The van der Waals surface area contributed by atoms with Gasteiger partial charge in [-0.2, -0.15) is 0 Å². The highest BCUT2D eigenvalue weighted by Crippen LogP contribution is 2.15. The Balaban J connectivity index is 0.00000256. The third-order valence-corrected chi connectivity index (χ3v) is 2.98. The summed E-state index contributed by atoms with van der Waals surface area (Å²) in [5.41, 5.74) is 0. The van der Waals surface area contributed by atoms with Crippen molar-refractivity contribution in [1.29, 1.82) is 0 Å². The summed E-state index contributed by atoms with van der Waals surface area (Å²) < 4.78 is 5.03. The number of aliphatic imine (C=N–C) groups is 1. The lowest BCUT2D eigenvalue weighted by Crippen LogP contribution is -2.46. The summed E-state index contributed by atoms with van der Waals surface area (Å²) in [6, 6.07) is 0. The fourth-order valence-electron chi connectivity index (χ4n) is 2.13. The molecule has 1 aliphatic rings. The summed E-state index contributed by atoms with van der Waals surface area (Å²) in [7, 11) is 3.60. The molecule has 1 aliphatic heterocycles. The lowest BCUT2D eigenvalue weighted by molar-refractivity contribution is 0.195. The van der Waals surface area contributed by atoms with Gasteiger partial charge in [0.15, 0.2) is 5.96 Å². The predicted molar refractivity (Wildman–Crippen MR) is 83.2 cm³/mol. The molecule has 1 atom stereocenters. The monoisotopic (exact) mass is 355 g/mol. The maximum Gasteiger partial charge on any atom is 0.193 e. The molecule has 0 amide bonds. The van der Waals surface area contributed by atoms with Crippen LogP contribution in [0.15, 0.2) is 4.99 Å². The molecule has 1 N–H and O–H groups in total. The number of guanidine groups is 1. The summed E-state index contributed by atoms with van der Waals surface area (Å²) in [4.78, 5) is 6.70. The Morgan fingerprint density at radius 2 is 2.29 bits per heavy atom. The van der Waals surface area contributed by atoms with Crippen LogP contribution in [0.3, 0.4) is 0 Å². The van der Waals surface area contributed by atoms with Gasteiger partial charge in [0.05, 0.1) is 0 Å². The molecule has 0 aromatic heterocycles. The number of nitrogens with one attached hydrogen (secondary N) is 1. The number of methoxy groups -OCH3 is 1. The van der Waals surface area contributed by atoms with Gasteiger partial charge in [0.2, 0.25) is 0 Å². The Bertz CT molecular complexity index is 224. The molecule has 0 aromatic rings. The van der Waals surface area contributed by atoms with Crippen LogP contribution in [0.25, 0.3) is 0 Å². The van der Waals surface area contributed by atoms with Crippen molar-refractivity contribution in [3.63, 3.8) is 0 Å². The first-order valence-corrected chi connectivity index (χ1v) is 6.22. The molecule has 1 heterocycles. The van der Waals surface area contributed by atoms with Gasteiger partial charge >= 0.3 is 0 Å². The van der Waals surface area contributed by atoms with Gasteiger partial charge in [-0.25, -0.2) is 0 Å². The summed E-state index contributed by atoms with van der Waals surface area (Å²) in [5, 5.41) is 3.39. The van der Waals surface area contributed by atoms with Crippen molar-refractivity contribution in [1.82, 2.24) is 10.2 Å². The number of halogens is 1. The second kappa shape index (κ2) is 9.94. The zero-order valence-electron chi connectivity index (χ0n) is 11.2. The Labute approximate surface area is 122 Å². The molecule has 1 fully saturated rings. The van der Waals surface area contributed by atoms with Gasteiger partial charge in [0.1, 0.15) is 0 Å². The van der Waals surface area contributed by atoms with E-state index in [1.54, 1.807) is 7.11 Å². The van der Waals surface area contributed by atoms with E-state index in [4.69, 9.17) is 4.74 Å². The van der Waals surface area contributed by atoms with E-state index in [0.29, 0.717) is 0 Å². The third kappa shape index (κ3) is 6.45. The number of hydrogen-bond donors (Lipinski definition) is 1. The first kappa shape index (κ1) is 17.0. The van der Waals surface area contributed by atoms with E-state index in [0.717, 1.165) is 44.5 Å². The van der Waals surface area contributed by atoms with E-state index in [9.17, 15) is 0 Å². The van der Waals surface area contributed by atoms with Crippen molar-refractivity contribution in [3.8, 4) is 0 Å². The van der Waals surface area contributed by atoms with Crippen molar-refractivity contribution < 1.29 is 4.74 Å². The fraction of sp³-hybridized carbons (Fsp3) is 0.917. The largest absolute Gasteiger partial charge is 0.385 e. The minimum atomic E-state index is 0. The maximum atomic E-state index is 5.03. The van der Waals surface area contributed by atoms with E-state index in [1.165, 1.54) is 12.8 Å². The number of ether oxygens (including phenoxy) is 1. The average molecular weight is 355 g/mol. The number of hydrogen-bond acceptors (Lipinski definition) is 2. The van der Waals surface area contributed by atoms with E-state index in [1.807, 2.05) is 7.05 Å². The first-order chi connectivity index (χ1) is 7.77. The molecule has 0 aliphatic carbocycles. The Morgan fingerprint density at radius 1 is 1.53 bits per heavy atom. The average Bonchev–Trinajstić information content (AvgIpc) is 2.29. The minimum absolute atomic E-state index is 0. The molecule has 0 aromatic carbocycles. The van der Waals surface area contributed by atoms with Crippen molar-refractivity contribution in [2.75, 3.05) is 40.4 Å². The summed E-state index contributed by atoms with van der Waals surface area (Å²) >= 11 is 0. The van der Waals surface area contributed by atoms with Crippen LogP contribution in [-0.4, -0.2) is 51.3 Å². The highest BCUT2D eigenvalue weighted by Gasteiger charge is 2.18. The van der Waals surface area contributed by atoms with Crippen molar-refractivity contribution >= 4 is 29.9 Å². The fourth-order valence-corrected chi connectivity index (χ4v) is 2.13. The number of rotatable bonds is 4. The molecular weight excluding hydrogens is 329 g/mol. The Kier molecular flexibility index (Phi) is 9.91. The molecule has 1 unspecified atom stereocenters. The number of likely N-dealkylation sites (tertiary alicyclic amines) is 1. The van der Waals surface area contributed by atoms with Gasteiger partial charge in [-0.1, -0.05) is 6.92 Å². The van der Waals surface area contributed by atoms with Crippen LogP contribution in [0.4, 0.5) is 0 Å². The minimum Gasteiger partial charge on any atom is -0.385 e. The number of nitrogens with zero attached hydrogens (tertiary/aromatic N) is 2. The van der Waals surface area contributed by atoms with E-state index in [2.05, 4.69) is 22.1 Å². The van der Waals surface area contributed by atoms with Gasteiger partial charge in [-0.3, -0.25) is 4.99 Å². The van der Waals surface area contributed by atoms with Crippen molar-refractivity contribution in [2.24, 2.45) is 10.9 Å². The second-order valence-corrected chi connectivity index (χ2v) is 4.51. The van der Waals surface area contributed by atoms with E-state index < -0.39 is 0 Å². The third-order valence-electron chi connectivity index (χ3n) is 2.98. The van der Waals surface area contributed by atoms with Crippen LogP contribution in [-0.2, 0) is 4.74 Å². The molecule has 5 heteroatoms. The molecule has 0 radical (unpaired) electrons. The highest BCUT2D eigenvalue weighted by molar-refractivity contribution is 14.0. The van der Waals surface area contributed by atoms with Crippen molar-refractivity contribution in [3.05, 3.63) is 0 Å². The topological polar surface area (TPSA) is 36.9 Å². The molecule has 1 saturated heterocycles. The molecule has 0 saturated carbocycles. The molecule has 17 heavy (non-hydrogen) atoms. The van der Waals surface area contributed by atoms with Crippen LogP contribution in [0.5, 0.6) is 0 Å². The van der Waals surface area contributed by atoms with Crippen LogP contribution >= 0.6 is 24.0 Å². The Morgan fingerprint density at radius 3 is 2.88 bits per heavy atom. The van der Waals surface area contributed by atoms with E-state index in [-0.39, 0.29) is 24.0 Å². The predicted octanol–water partition coefficient (Wildman–Crippen LogP) is 1.95. The van der Waals surface area contributed by atoms with Gasteiger partial charge in [-0.15, -0.1) is 24.0 Å². The van der Waals surface area contributed by atoms with Crippen LogP contribution < -0.4 is 5.32 Å². The summed E-state index contributed by atoms with van der Waals surface area (Å²) in [6.45, 7) is 6.31. The van der Waals surface area contributed by atoms with Gasteiger partial charge in [-0.05, 0) is 25.2 Å². The highest BCUT2D eigenvalue weighted by atomic mass is 127. The standard InChI is InChI=1S/C12H25N3O.HI/c1-11-6-4-8-15(10-11)12(13-2)14-7-5-9-16-3;/h11H,4-10H2,1-3H3,(H,13,14);1H. The smallest absolute Gasteiger partial charge is 0.193 e. The van der Waals surface area contributed by atoms with Gasteiger partial charge < -0.3 is 15.0 Å². The van der Waals surface area contributed by atoms with Crippen LogP contribution in [0, 0.1) is 5.92 Å². The van der Waals surface area contributed by atoms with Gasteiger partial charge in [0, 0.05) is 40.4 Å². The zero-order chi connectivity index (χ0) is 11.8. The Hall–Kier alpha value is -0.0400. The van der Waals surface area contributed by atoms with Gasteiger partial charge in [0.25, 0.3) is 0 Å². The summed E-state index contributed by atoms with van der Waals surface area (Å²) in [5.74, 6) is 1.83. The molecule has 0 bridgehead atoms. The zero-order valence-corrected chi connectivity index (χ0v) is 13.6. The maximum absolute atomic E-state index is 5.03. The summed E-state index contributed by atoms with van der Waals surface area (Å²) in [6.07, 6.45) is 3.65. The SMILES string of the molecule is CN=C(NCCCOC)N1CCCC(C)C1.I. The lowest BCUT2D eigenvalue weighted by Gasteiger charge is -2.33. The number of piperidine rings is 1. The van der Waals surface area contributed by atoms with Crippen LogP contribution in [0.2, 0.25) is 0 Å². The molecule has 0 spiro atoms. The van der Waals surface area contributed by atoms with E-state index >= 15 is 0 Å². The quantitative estimate of drug-likeness (QED) is 0.363. The molecule has 102 valence electrons. The lowest BCUT2D eigenvalue weighted by atomic mass is 10.0. The first-order valence-electron chi connectivity index (χ1n) is 6.22. The molecular formula is C12H26IN3O. The van der Waals surface area contributed by atoms with Crippen molar-refractivity contribution in [2.45, 2.75) is 26.2 Å². The van der Waals surface area contributed by atoms with Crippen LogP contribution in [0.1, 0.15) is 26.2 Å².